The standard InChI is InChI=1S/C19H33N5O2.HI/c1-15(26-18-8-6-7-17(11-18)25-5)12-21-19(20-2)22-13-16-14-23(3)9-10-24(16)4;/h6-8,11,15-16H,9-10,12-14H2,1-5H3,(H2,20,21,22);1H. The molecule has 0 radical (unpaired) electrons. The molecular weight excluding hydrogens is 457 g/mol. The number of rotatable bonds is 7. The van der Waals surface area contributed by atoms with Crippen LogP contribution in [0.15, 0.2) is 29.3 Å². The van der Waals surface area contributed by atoms with Crippen molar-refractivity contribution in [3.8, 4) is 11.5 Å². The van der Waals surface area contributed by atoms with E-state index < -0.39 is 0 Å². The second-order valence-electron chi connectivity index (χ2n) is 6.84. The molecule has 0 spiro atoms. The third kappa shape index (κ3) is 8.10. The molecule has 8 heteroatoms. The molecule has 1 aromatic rings. The lowest BCUT2D eigenvalue weighted by Crippen LogP contribution is -2.55. The van der Waals surface area contributed by atoms with Gasteiger partial charge in [-0.15, -0.1) is 24.0 Å². The highest BCUT2D eigenvalue weighted by Gasteiger charge is 2.22. The van der Waals surface area contributed by atoms with Crippen molar-refractivity contribution >= 4 is 29.9 Å². The van der Waals surface area contributed by atoms with Gasteiger partial charge < -0.3 is 25.0 Å². The highest BCUT2D eigenvalue weighted by atomic mass is 127. The minimum Gasteiger partial charge on any atom is -0.497 e. The molecule has 0 amide bonds. The summed E-state index contributed by atoms with van der Waals surface area (Å²) >= 11 is 0. The van der Waals surface area contributed by atoms with E-state index in [0.717, 1.165) is 43.6 Å². The number of methoxy groups -OCH3 is 1. The van der Waals surface area contributed by atoms with Gasteiger partial charge in [0.1, 0.15) is 17.6 Å². The number of piperazine rings is 1. The van der Waals surface area contributed by atoms with Gasteiger partial charge in [0.25, 0.3) is 0 Å². The number of nitrogens with one attached hydrogen (secondary N) is 2. The summed E-state index contributed by atoms with van der Waals surface area (Å²) in [4.78, 5) is 9.07. The Kier molecular flexibility index (Phi) is 10.8. The first kappa shape index (κ1) is 23.8. The summed E-state index contributed by atoms with van der Waals surface area (Å²) in [5.74, 6) is 2.39. The van der Waals surface area contributed by atoms with Gasteiger partial charge >= 0.3 is 0 Å². The van der Waals surface area contributed by atoms with Crippen molar-refractivity contribution in [3.63, 3.8) is 0 Å². The summed E-state index contributed by atoms with van der Waals surface area (Å²) < 4.78 is 11.2. The fourth-order valence-corrected chi connectivity index (χ4v) is 2.95. The lowest BCUT2D eigenvalue weighted by atomic mass is 10.2. The van der Waals surface area contributed by atoms with Gasteiger partial charge in [-0.1, -0.05) is 6.07 Å². The summed E-state index contributed by atoms with van der Waals surface area (Å²) in [5.41, 5.74) is 0. The van der Waals surface area contributed by atoms with Crippen molar-refractivity contribution in [2.45, 2.75) is 19.1 Å². The quantitative estimate of drug-likeness (QED) is 0.343. The molecule has 7 nitrogen and oxygen atoms in total. The van der Waals surface area contributed by atoms with Crippen LogP contribution in [0.3, 0.4) is 0 Å². The topological polar surface area (TPSA) is 61.4 Å². The molecule has 1 saturated heterocycles. The van der Waals surface area contributed by atoms with Gasteiger partial charge in [0.05, 0.1) is 13.7 Å². The molecule has 0 aromatic heterocycles. The number of hydrogen-bond acceptors (Lipinski definition) is 5. The predicted octanol–water partition coefficient (Wildman–Crippen LogP) is 1.49. The maximum Gasteiger partial charge on any atom is 0.191 e. The largest absolute Gasteiger partial charge is 0.497 e. The number of nitrogens with zero attached hydrogens (tertiary/aromatic N) is 3. The SMILES string of the molecule is CN=C(NCC(C)Oc1cccc(OC)c1)NCC1CN(C)CCN1C.I. The summed E-state index contributed by atoms with van der Waals surface area (Å²) in [5, 5.41) is 6.76. The van der Waals surface area contributed by atoms with E-state index in [0.29, 0.717) is 12.6 Å². The van der Waals surface area contributed by atoms with Crippen molar-refractivity contribution < 1.29 is 9.47 Å². The second kappa shape index (κ2) is 12.2. The van der Waals surface area contributed by atoms with E-state index in [-0.39, 0.29) is 30.1 Å². The molecule has 0 bridgehead atoms. The predicted molar refractivity (Wildman–Crippen MR) is 122 cm³/mol. The zero-order valence-electron chi connectivity index (χ0n) is 17.1. The van der Waals surface area contributed by atoms with Crippen LogP contribution in [0, 0.1) is 0 Å². The molecular formula is C19H34IN5O2. The summed E-state index contributed by atoms with van der Waals surface area (Å²) in [6, 6.07) is 8.13. The molecule has 27 heavy (non-hydrogen) atoms. The van der Waals surface area contributed by atoms with E-state index >= 15 is 0 Å². The maximum atomic E-state index is 5.94. The van der Waals surface area contributed by atoms with Gasteiger partial charge in [0.2, 0.25) is 0 Å². The third-order valence-corrected chi connectivity index (χ3v) is 4.64. The fourth-order valence-electron chi connectivity index (χ4n) is 2.95. The maximum absolute atomic E-state index is 5.94. The molecule has 1 aliphatic heterocycles. The first-order valence-corrected chi connectivity index (χ1v) is 9.15. The average Bonchev–Trinajstić information content (AvgIpc) is 2.64. The Balaban J connectivity index is 0.00000364. The van der Waals surface area contributed by atoms with E-state index in [4.69, 9.17) is 9.47 Å². The van der Waals surface area contributed by atoms with Gasteiger partial charge in [-0.05, 0) is 33.2 Å². The van der Waals surface area contributed by atoms with Gasteiger partial charge in [-0.25, -0.2) is 0 Å². The van der Waals surface area contributed by atoms with E-state index in [2.05, 4.69) is 39.5 Å². The van der Waals surface area contributed by atoms with Crippen LogP contribution >= 0.6 is 24.0 Å². The molecule has 154 valence electrons. The minimum absolute atomic E-state index is 0. The van der Waals surface area contributed by atoms with Gasteiger partial charge in [-0.3, -0.25) is 9.89 Å². The van der Waals surface area contributed by atoms with Crippen molar-refractivity contribution in [2.75, 3.05) is 61.0 Å². The number of ether oxygens (including phenoxy) is 2. The molecule has 2 atom stereocenters. The normalized spacial score (nSPS) is 19.7. The average molecular weight is 491 g/mol. The van der Waals surface area contributed by atoms with Crippen LogP contribution in [0.4, 0.5) is 0 Å². The molecule has 1 aromatic carbocycles. The molecule has 1 fully saturated rings. The van der Waals surface area contributed by atoms with Crippen molar-refractivity contribution in [2.24, 2.45) is 4.99 Å². The van der Waals surface area contributed by atoms with Crippen LogP contribution in [0.2, 0.25) is 0 Å². The van der Waals surface area contributed by atoms with Crippen LogP contribution in [0.1, 0.15) is 6.92 Å². The molecule has 1 heterocycles. The Morgan fingerprint density at radius 2 is 2.00 bits per heavy atom. The summed E-state index contributed by atoms with van der Waals surface area (Å²) in [6.45, 7) is 6.85. The lowest BCUT2D eigenvalue weighted by Gasteiger charge is -2.38. The van der Waals surface area contributed by atoms with Crippen molar-refractivity contribution in [3.05, 3.63) is 24.3 Å². The Morgan fingerprint density at radius 3 is 2.70 bits per heavy atom. The van der Waals surface area contributed by atoms with Crippen LogP contribution in [-0.4, -0.2) is 88.9 Å². The third-order valence-electron chi connectivity index (χ3n) is 4.64. The zero-order chi connectivity index (χ0) is 18.9. The van der Waals surface area contributed by atoms with Gasteiger partial charge in [0, 0.05) is 45.3 Å². The molecule has 0 aliphatic carbocycles. The van der Waals surface area contributed by atoms with Gasteiger partial charge in [0.15, 0.2) is 5.96 Å². The highest BCUT2D eigenvalue weighted by Crippen LogP contribution is 2.19. The summed E-state index contributed by atoms with van der Waals surface area (Å²) in [6.07, 6.45) is 0.00384. The molecule has 0 saturated carbocycles. The van der Waals surface area contributed by atoms with E-state index in [9.17, 15) is 0 Å². The first-order chi connectivity index (χ1) is 12.5. The Labute approximate surface area is 180 Å². The smallest absolute Gasteiger partial charge is 0.191 e. The number of aliphatic imine (C=N–C) groups is 1. The number of benzene rings is 1. The number of likely N-dealkylation sites (N-methyl/N-ethyl adjacent to an activating group) is 2. The Hall–Kier alpha value is -1.26. The van der Waals surface area contributed by atoms with Crippen LogP contribution in [-0.2, 0) is 0 Å². The Morgan fingerprint density at radius 1 is 1.26 bits per heavy atom. The summed E-state index contributed by atoms with van der Waals surface area (Å²) in [7, 11) is 7.80. The second-order valence-corrected chi connectivity index (χ2v) is 6.84. The van der Waals surface area contributed by atoms with Crippen LogP contribution < -0.4 is 20.1 Å². The van der Waals surface area contributed by atoms with E-state index in [1.807, 2.05) is 31.2 Å². The molecule has 2 unspecified atom stereocenters. The van der Waals surface area contributed by atoms with Gasteiger partial charge in [-0.2, -0.15) is 0 Å². The number of hydrogen-bond donors (Lipinski definition) is 2. The monoisotopic (exact) mass is 491 g/mol. The van der Waals surface area contributed by atoms with Crippen molar-refractivity contribution in [1.82, 2.24) is 20.4 Å². The molecule has 1 aliphatic rings. The van der Waals surface area contributed by atoms with Crippen molar-refractivity contribution in [1.29, 1.82) is 0 Å². The first-order valence-electron chi connectivity index (χ1n) is 9.15. The van der Waals surface area contributed by atoms with Crippen LogP contribution in [0.25, 0.3) is 0 Å². The minimum atomic E-state index is 0. The van der Waals surface area contributed by atoms with E-state index in [1.54, 1.807) is 14.2 Å². The lowest BCUT2D eigenvalue weighted by molar-refractivity contribution is 0.116. The Bertz CT molecular complexity index is 587. The molecule has 2 rings (SSSR count). The molecule has 2 N–H and O–H groups in total. The zero-order valence-corrected chi connectivity index (χ0v) is 19.4. The highest BCUT2D eigenvalue weighted by molar-refractivity contribution is 14.0. The number of guanidine groups is 1. The van der Waals surface area contributed by atoms with Crippen LogP contribution in [0.5, 0.6) is 11.5 Å². The fraction of sp³-hybridized carbons (Fsp3) is 0.632. The van der Waals surface area contributed by atoms with E-state index in [1.165, 1.54) is 0 Å². The number of halogens is 1.